The Labute approximate surface area is 251 Å². The maximum Gasteiger partial charge on any atom is 0.306 e. The number of carbonyl (C=O) groups is 2. The molecule has 0 fully saturated rings. The highest BCUT2D eigenvalue weighted by molar-refractivity contribution is 5.69. The topological polar surface area (TPSA) is 43.4 Å². The fraction of sp³-hybridized carbons (Fsp3) is 0.946. The molecule has 0 saturated carbocycles. The molecule has 0 aromatic rings. The summed E-state index contributed by atoms with van der Waals surface area (Å²) in [5.74, 6) is -0.105. The first-order valence-electron chi connectivity index (χ1n) is 18.4. The summed E-state index contributed by atoms with van der Waals surface area (Å²) in [6.07, 6.45) is 41.1. The lowest BCUT2D eigenvalue weighted by atomic mass is 10.0. The second-order valence-electron chi connectivity index (χ2n) is 12.6. The van der Waals surface area contributed by atoms with Crippen LogP contribution in [0.1, 0.15) is 219 Å². The van der Waals surface area contributed by atoms with Gasteiger partial charge < -0.3 is 9.53 Å². The lowest BCUT2D eigenvalue weighted by Crippen LogP contribution is -2.18. The molecule has 0 aromatic heterocycles. The summed E-state index contributed by atoms with van der Waals surface area (Å²) in [5, 5.41) is 0. The molecule has 3 nitrogen and oxygen atoms in total. The molecule has 238 valence electrons. The van der Waals surface area contributed by atoms with Gasteiger partial charge in [-0.05, 0) is 19.3 Å². The molecule has 3 heteroatoms. The Morgan fingerprint density at radius 3 is 1.10 bits per heavy atom. The minimum atomic E-state index is -0.209. The van der Waals surface area contributed by atoms with Gasteiger partial charge in [0, 0.05) is 12.8 Å². The molecule has 0 aliphatic rings. The Bertz CT molecular complexity index is 504. The van der Waals surface area contributed by atoms with Crippen molar-refractivity contribution in [1.82, 2.24) is 0 Å². The first-order valence-corrected chi connectivity index (χ1v) is 18.4. The molecule has 0 heterocycles. The predicted octanol–water partition coefficient (Wildman–Crippen LogP) is 12.6. The van der Waals surface area contributed by atoms with E-state index in [1.807, 2.05) is 0 Å². The Morgan fingerprint density at radius 2 is 0.775 bits per heavy atom. The van der Waals surface area contributed by atoms with Crippen LogP contribution in [0.2, 0.25) is 0 Å². The van der Waals surface area contributed by atoms with Crippen LogP contribution >= 0.6 is 0 Å². The van der Waals surface area contributed by atoms with Crippen molar-refractivity contribution in [3.8, 4) is 0 Å². The molecule has 0 bridgehead atoms. The van der Waals surface area contributed by atoms with Crippen molar-refractivity contribution in [3.63, 3.8) is 0 Å². The summed E-state index contributed by atoms with van der Waals surface area (Å²) in [5.41, 5.74) is 0. The Balaban J connectivity index is 3.47. The van der Waals surface area contributed by atoms with Gasteiger partial charge in [0.25, 0.3) is 0 Å². The molecule has 0 rings (SSSR count). The zero-order valence-corrected chi connectivity index (χ0v) is 27.5. The third-order valence-corrected chi connectivity index (χ3v) is 8.52. The van der Waals surface area contributed by atoms with Crippen LogP contribution in [0.25, 0.3) is 0 Å². The predicted molar refractivity (Wildman–Crippen MR) is 175 cm³/mol. The minimum absolute atomic E-state index is 0.105. The molecular weight excluding hydrogens is 492 g/mol. The first-order chi connectivity index (χ1) is 19.7. The number of esters is 1. The summed E-state index contributed by atoms with van der Waals surface area (Å²) >= 11 is 0. The van der Waals surface area contributed by atoms with Crippen LogP contribution in [0.15, 0.2) is 0 Å². The lowest BCUT2D eigenvalue weighted by molar-refractivity contribution is -0.150. The molecular formula is C37H72O3. The maximum atomic E-state index is 12.3. The molecule has 0 amide bonds. The van der Waals surface area contributed by atoms with Crippen molar-refractivity contribution >= 4 is 12.3 Å². The van der Waals surface area contributed by atoms with E-state index in [0.717, 1.165) is 32.0 Å². The van der Waals surface area contributed by atoms with Crippen molar-refractivity contribution in [3.05, 3.63) is 0 Å². The Kier molecular flexibility index (Phi) is 33.6. The van der Waals surface area contributed by atoms with Crippen LogP contribution < -0.4 is 0 Å². The van der Waals surface area contributed by atoms with Crippen molar-refractivity contribution in [2.24, 2.45) is 0 Å². The summed E-state index contributed by atoms with van der Waals surface area (Å²) in [4.78, 5) is 23.3. The molecule has 0 aromatic carbocycles. The van der Waals surface area contributed by atoms with Crippen LogP contribution in [0.5, 0.6) is 0 Å². The number of rotatable bonds is 34. The van der Waals surface area contributed by atoms with E-state index in [9.17, 15) is 9.59 Å². The highest BCUT2D eigenvalue weighted by atomic mass is 16.5. The van der Waals surface area contributed by atoms with E-state index in [1.165, 1.54) is 167 Å². The average molecular weight is 565 g/mol. The molecule has 1 atom stereocenters. The molecule has 0 spiro atoms. The zero-order chi connectivity index (χ0) is 29.2. The Hall–Kier alpha value is -0.860. The van der Waals surface area contributed by atoms with Gasteiger partial charge in [0.1, 0.15) is 12.4 Å². The summed E-state index contributed by atoms with van der Waals surface area (Å²) in [6.45, 7) is 4.55. The molecule has 0 N–H and O–H groups in total. The Morgan fingerprint density at radius 1 is 0.475 bits per heavy atom. The molecule has 0 saturated heterocycles. The smallest absolute Gasteiger partial charge is 0.306 e. The van der Waals surface area contributed by atoms with Crippen molar-refractivity contribution < 1.29 is 14.3 Å². The molecule has 0 aliphatic carbocycles. The van der Waals surface area contributed by atoms with Gasteiger partial charge in [-0.3, -0.25) is 4.79 Å². The molecule has 1 unspecified atom stereocenters. The number of unbranched alkanes of at least 4 members (excludes halogenated alkanes) is 27. The van der Waals surface area contributed by atoms with Crippen molar-refractivity contribution in [2.45, 2.75) is 225 Å². The normalized spacial score (nSPS) is 12.1. The van der Waals surface area contributed by atoms with Gasteiger partial charge in [-0.15, -0.1) is 0 Å². The highest BCUT2D eigenvalue weighted by Crippen LogP contribution is 2.17. The van der Waals surface area contributed by atoms with E-state index in [2.05, 4.69) is 13.8 Å². The van der Waals surface area contributed by atoms with Gasteiger partial charge >= 0.3 is 5.97 Å². The quantitative estimate of drug-likeness (QED) is 0.0443. The van der Waals surface area contributed by atoms with Gasteiger partial charge in [-0.1, -0.05) is 187 Å². The first kappa shape index (κ1) is 39.1. The fourth-order valence-corrected chi connectivity index (χ4v) is 5.78. The van der Waals surface area contributed by atoms with Gasteiger partial charge in [-0.2, -0.15) is 0 Å². The summed E-state index contributed by atoms with van der Waals surface area (Å²) < 4.78 is 5.65. The van der Waals surface area contributed by atoms with E-state index < -0.39 is 0 Å². The minimum Gasteiger partial charge on any atom is -0.462 e. The summed E-state index contributed by atoms with van der Waals surface area (Å²) in [7, 11) is 0. The molecule has 0 radical (unpaired) electrons. The van der Waals surface area contributed by atoms with Crippen molar-refractivity contribution in [2.75, 3.05) is 0 Å². The fourth-order valence-electron chi connectivity index (χ4n) is 5.78. The molecule has 40 heavy (non-hydrogen) atoms. The van der Waals surface area contributed by atoms with E-state index in [-0.39, 0.29) is 12.1 Å². The maximum absolute atomic E-state index is 12.3. The van der Waals surface area contributed by atoms with Crippen LogP contribution in [-0.4, -0.2) is 18.4 Å². The monoisotopic (exact) mass is 565 g/mol. The SMILES string of the molecule is CCCCCCCCCCCCCCCCCCCCC(=O)OC(CC=O)CCCCCCCCCCCCC. The largest absolute Gasteiger partial charge is 0.462 e. The second kappa shape index (κ2) is 34.3. The number of carbonyl (C=O) groups excluding carboxylic acids is 2. The number of aldehydes is 1. The van der Waals surface area contributed by atoms with E-state index in [1.54, 1.807) is 0 Å². The molecule has 0 aliphatic heterocycles. The van der Waals surface area contributed by atoms with Crippen LogP contribution in [0.4, 0.5) is 0 Å². The average Bonchev–Trinajstić information content (AvgIpc) is 2.95. The number of hydrogen-bond donors (Lipinski definition) is 0. The van der Waals surface area contributed by atoms with Gasteiger partial charge in [-0.25, -0.2) is 0 Å². The van der Waals surface area contributed by atoms with Crippen molar-refractivity contribution in [1.29, 1.82) is 0 Å². The lowest BCUT2D eigenvalue weighted by Gasteiger charge is -2.15. The standard InChI is InChI=1S/C37H72O3/c1-3-5-7-9-11-13-15-16-17-18-19-20-21-23-25-27-29-31-33-37(39)40-36(34-35-38)32-30-28-26-24-22-14-12-10-8-6-4-2/h35-36H,3-34H2,1-2H3. The number of ether oxygens (including phenoxy) is 1. The summed E-state index contributed by atoms with van der Waals surface area (Å²) in [6, 6.07) is 0. The van der Waals surface area contributed by atoms with Gasteiger partial charge in [0.15, 0.2) is 0 Å². The van der Waals surface area contributed by atoms with Crippen LogP contribution in [-0.2, 0) is 14.3 Å². The zero-order valence-electron chi connectivity index (χ0n) is 27.5. The van der Waals surface area contributed by atoms with Gasteiger partial charge in [0.05, 0.1) is 0 Å². The highest BCUT2D eigenvalue weighted by Gasteiger charge is 2.13. The number of hydrogen-bond acceptors (Lipinski definition) is 3. The van der Waals surface area contributed by atoms with Crippen LogP contribution in [0, 0.1) is 0 Å². The van der Waals surface area contributed by atoms with E-state index >= 15 is 0 Å². The third kappa shape index (κ3) is 31.7. The van der Waals surface area contributed by atoms with Crippen LogP contribution in [0.3, 0.4) is 0 Å². The van der Waals surface area contributed by atoms with E-state index in [4.69, 9.17) is 4.74 Å². The third-order valence-electron chi connectivity index (χ3n) is 8.52. The van der Waals surface area contributed by atoms with Gasteiger partial charge in [0.2, 0.25) is 0 Å². The second-order valence-corrected chi connectivity index (χ2v) is 12.6. The van der Waals surface area contributed by atoms with E-state index in [0.29, 0.717) is 12.8 Å².